The number of unbranched alkanes of at least 4 members (excludes halogenated alkanes) is 4. The first-order chi connectivity index (χ1) is 25.9. The lowest BCUT2D eigenvalue weighted by Gasteiger charge is -2.40. The zero-order valence-corrected chi connectivity index (χ0v) is 32.5. The van der Waals surface area contributed by atoms with Crippen molar-refractivity contribution in [3.63, 3.8) is 0 Å². The van der Waals surface area contributed by atoms with Crippen LogP contribution in [0.25, 0.3) is 22.5 Å². The van der Waals surface area contributed by atoms with E-state index in [2.05, 4.69) is 43.0 Å². The third-order valence-corrected chi connectivity index (χ3v) is 10.5. The number of likely N-dealkylation sites (tertiary alicyclic amines) is 1. The van der Waals surface area contributed by atoms with Gasteiger partial charge in [-0.1, -0.05) is 102 Å². The summed E-state index contributed by atoms with van der Waals surface area (Å²) in [6.45, 7) is 11.7. The number of carbonyl (C=O) groups excluding carboxylic acids is 2. The lowest BCUT2D eigenvalue weighted by atomic mass is 9.86. The number of nitrogens with one attached hydrogen (secondary N) is 1. The maximum atomic E-state index is 14.2. The molecule has 0 bridgehead atoms. The highest BCUT2D eigenvalue weighted by molar-refractivity contribution is 5.97. The number of carboxylic acids is 1. The molecule has 1 fully saturated rings. The van der Waals surface area contributed by atoms with Crippen LogP contribution < -0.4 is 10.1 Å². The summed E-state index contributed by atoms with van der Waals surface area (Å²) in [5.74, 6) is -0.105. The molecule has 0 saturated carbocycles. The fraction of sp³-hybridized carbons (Fsp3) is 0.444. The highest BCUT2D eigenvalue weighted by Gasteiger charge is 2.36. The highest BCUT2D eigenvalue weighted by Crippen LogP contribution is 2.28. The van der Waals surface area contributed by atoms with Crippen LogP contribution in [0.5, 0.6) is 5.75 Å². The first kappa shape index (κ1) is 40.1. The minimum atomic E-state index is -0.869. The molecule has 286 valence electrons. The Morgan fingerprint density at radius 1 is 0.870 bits per heavy atom. The Morgan fingerprint density at radius 2 is 1.52 bits per heavy atom. The van der Waals surface area contributed by atoms with E-state index in [1.807, 2.05) is 80.0 Å². The molecule has 4 aromatic rings. The van der Waals surface area contributed by atoms with Crippen LogP contribution in [0.1, 0.15) is 107 Å². The van der Waals surface area contributed by atoms with E-state index in [0.717, 1.165) is 59.4 Å². The number of hydrogen-bond acceptors (Lipinski definition) is 6. The molecule has 9 heteroatoms. The Bertz CT molecular complexity index is 1820. The summed E-state index contributed by atoms with van der Waals surface area (Å²) < 4.78 is 5.91. The zero-order valence-electron chi connectivity index (χ0n) is 32.5. The smallest absolute Gasteiger partial charge is 0.303 e. The number of ether oxygens (including phenoxy) is 1. The van der Waals surface area contributed by atoms with Crippen molar-refractivity contribution in [2.75, 3.05) is 13.2 Å². The van der Waals surface area contributed by atoms with Gasteiger partial charge in [0.25, 0.3) is 5.91 Å². The molecular weight excluding hydrogens is 677 g/mol. The summed E-state index contributed by atoms with van der Waals surface area (Å²) >= 11 is 0. The molecule has 5 rings (SSSR count). The zero-order chi connectivity index (χ0) is 38.7. The number of piperidine rings is 1. The Morgan fingerprint density at radius 3 is 2.15 bits per heavy atom. The lowest BCUT2D eigenvalue weighted by Crippen LogP contribution is -2.55. The van der Waals surface area contributed by atoms with Gasteiger partial charge in [-0.05, 0) is 78.5 Å². The van der Waals surface area contributed by atoms with E-state index in [0.29, 0.717) is 17.9 Å². The molecule has 0 spiro atoms. The van der Waals surface area contributed by atoms with Crippen LogP contribution >= 0.6 is 0 Å². The molecule has 3 atom stereocenters. The first-order valence-electron chi connectivity index (χ1n) is 19.5. The van der Waals surface area contributed by atoms with E-state index in [1.54, 1.807) is 17.0 Å². The number of benzene rings is 3. The number of hydrogen-bond donors (Lipinski definition) is 2. The van der Waals surface area contributed by atoms with Gasteiger partial charge in [0.1, 0.15) is 11.8 Å². The number of nitrogens with zero attached hydrogens (tertiary/aromatic N) is 3. The van der Waals surface area contributed by atoms with Crippen molar-refractivity contribution in [3.05, 3.63) is 102 Å². The van der Waals surface area contributed by atoms with E-state index in [-0.39, 0.29) is 42.0 Å². The van der Waals surface area contributed by atoms with E-state index >= 15 is 0 Å². The Labute approximate surface area is 320 Å². The minimum Gasteiger partial charge on any atom is -0.494 e. The fourth-order valence-corrected chi connectivity index (χ4v) is 7.09. The van der Waals surface area contributed by atoms with Crippen LogP contribution in [0.4, 0.5) is 0 Å². The SMILES string of the molecule is CCCCCCCOc1ccc(-c2cnc(-c3ccc(CC(NC(=O)c4ccc(C(C)(C)C)cc4)C(=O)N4CCCC(CC(=O)O)C4C)cc3)nc2)cc1. The summed E-state index contributed by atoms with van der Waals surface area (Å²) in [7, 11) is 0. The molecule has 54 heavy (non-hydrogen) atoms. The van der Waals surface area contributed by atoms with Crippen LogP contribution in [-0.4, -0.2) is 63.0 Å². The number of carboxylic acid groups (broad SMARTS) is 1. The van der Waals surface area contributed by atoms with Crippen molar-refractivity contribution >= 4 is 17.8 Å². The van der Waals surface area contributed by atoms with Crippen LogP contribution in [0, 0.1) is 5.92 Å². The average Bonchev–Trinajstić information content (AvgIpc) is 3.16. The summed E-state index contributed by atoms with van der Waals surface area (Å²) in [5, 5.41) is 12.5. The summed E-state index contributed by atoms with van der Waals surface area (Å²) in [6.07, 6.45) is 11.4. The predicted molar refractivity (Wildman–Crippen MR) is 213 cm³/mol. The molecule has 1 saturated heterocycles. The van der Waals surface area contributed by atoms with Crippen molar-refractivity contribution in [2.45, 2.75) is 110 Å². The van der Waals surface area contributed by atoms with Crippen LogP contribution in [-0.2, 0) is 21.4 Å². The molecule has 2 heterocycles. The summed E-state index contributed by atoms with van der Waals surface area (Å²) in [5.41, 5.74) is 5.14. The second-order valence-electron chi connectivity index (χ2n) is 15.6. The third-order valence-electron chi connectivity index (χ3n) is 10.5. The second kappa shape index (κ2) is 18.8. The monoisotopic (exact) mass is 732 g/mol. The van der Waals surface area contributed by atoms with Gasteiger partial charge in [0.2, 0.25) is 5.91 Å². The van der Waals surface area contributed by atoms with Crippen LogP contribution in [0.15, 0.2) is 85.2 Å². The molecule has 2 N–H and O–H groups in total. The topological polar surface area (TPSA) is 122 Å². The van der Waals surface area contributed by atoms with Crippen LogP contribution in [0.3, 0.4) is 0 Å². The molecule has 2 amide bonds. The molecule has 1 aliphatic heterocycles. The molecule has 1 aromatic heterocycles. The standard InChI is InChI=1S/C45H56N4O5/c1-6-7-8-9-10-26-54-39-23-19-33(20-24-39)37-29-46-42(47-30-37)34-15-13-32(14-16-34)27-40(44(53)49-25-11-12-36(31(49)2)28-41(50)51)48-43(52)35-17-21-38(22-18-35)45(3,4)5/h13-24,29-31,36,40H,6-12,25-28H2,1-5H3,(H,48,52)(H,50,51). The van der Waals surface area contributed by atoms with Crippen molar-refractivity contribution in [1.82, 2.24) is 20.2 Å². The van der Waals surface area contributed by atoms with Gasteiger partial charge < -0.3 is 20.1 Å². The maximum Gasteiger partial charge on any atom is 0.303 e. The normalized spacial score (nSPS) is 16.4. The summed E-state index contributed by atoms with van der Waals surface area (Å²) in [6, 6.07) is 22.1. The van der Waals surface area contributed by atoms with Gasteiger partial charge >= 0.3 is 5.97 Å². The van der Waals surface area contributed by atoms with Crippen molar-refractivity contribution < 1.29 is 24.2 Å². The largest absolute Gasteiger partial charge is 0.494 e. The fourth-order valence-electron chi connectivity index (χ4n) is 7.09. The second-order valence-corrected chi connectivity index (χ2v) is 15.6. The first-order valence-corrected chi connectivity index (χ1v) is 19.5. The highest BCUT2D eigenvalue weighted by atomic mass is 16.5. The molecule has 1 aliphatic rings. The van der Waals surface area contributed by atoms with Crippen molar-refractivity contribution in [3.8, 4) is 28.3 Å². The van der Waals surface area contributed by atoms with Gasteiger partial charge in [-0.3, -0.25) is 14.4 Å². The Hall–Kier alpha value is -5.05. The average molecular weight is 733 g/mol. The number of rotatable bonds is 16. The minimum absolute atomic E-state index is 0.00710. The molecule has 9 nitrogen and oxygen atoms in total. The Kier molecular flexibility index (Phi) is 14.0. The van der Waals surface area contributed by atoms with E-state index in [9.17, 15) is 19.5 Å². The molecule has 3 aromatic carbocycles. The van der Waals surface area contributed by atoms with Gasteiger partial charge in [0, 0.05) is 48.1 Å². The number of aliphatic carboxylic acids is 1. The molecule has 3 unspecified atom stereocenters. The van der Waals surface area contributed by atoms with Gasteiger partial charge in [0.05, 0.1) is 13.0 Å². The molecule has 0 radical (unpaired) electrons. The quantitative estimate of drug-likeness (QED) is 0.110. The maximum absolute atomic E-state index is 14.2. The van der Waals surface area contributed by atoms with Crippen molar-refractivity contribution in [1.29, 1.82) is 0 Å². The van der Waals surface area contributed by atoms with E-state index in [1.165, 1.54) is 25.7 Å². The predicted octanol–water partition coefficient (Wildman–Crippen LogP) is 8.90. The van der Waals surface area contributed by atoms with Gasteiger partial charge in [-0.15, -0.1) is 0 Å². The summed E-state index contributed by atoms with van der Waals surface area (Å²) in [4.78, 5) is 50.3. The number of aromatic nitrogens is 2. The lowest BCUT2D eigenvalue weighted by molar-refractivity contribution is -0.143. The van der Waals surface area contributed by atoms with Crippen LogP contribution in [0.2, 0.25) is 0 Å². The van der Waals surface area contributed by atoms with Gasteiger partial charge in [-0.25, -0.2) is 9.97 Å². The van der Waals surface area contributed by atoms with Gasteiger partial charge in [-0.2, -0.15) is 0 Å². The number of carbonyl (C=O) groups is 3. The van der Waals surface area contributed by atoms with Gasteiger partial charge in [0.15, 0.2) is 5.82 Å². The Balaban J connectivity index is 1.27. The van der Waals surface area contributed by atoms with E-state index in [4.69, 9.17) is 4.74 Å². The number of amides is 2. The van der Waals surface area contributed by atoms with Crippen molar-refractivity contribution in [2.24, 2.45) is 5.92 Å². The van der Waals surface area contributed by atoms with E-state index < -0.39 is 12.0 Å². The molecular formula is C45H56N4O5. The third kappa shape index (κ3) is 11.0. The molecule has 0 aliphatic carbocycles.